The van der Waals surface area contributed by atoms with Crippen LogP contribution < -0.4 is 5.73 Å². The van der Waals surface area contributed by atoms with Crippen molar-refractivity contribution in [2.24, 2.45) is 5.73 Å². The Hall–Kier alpha value is -0.580. The number of aliphatic hydroxyl groups is 1. The van der Waals surface area contributed by atoms with E-state index in [1.807, 2.05) is 19.1 Å². The normalized spacial score (nSPS) is 14.7. The van der Waals surface area contributed by atoms with Gasteiger partial charge in [0.25, 0.3) is 0 Å². The minimum atomic E-state index is -0.668. The maximum absolute atomic E-state index is 9.98. The van der Waals surface area contributed by atoms with E-state index in [0.29, 0.717) is 6.54 Å². The second kappa shape index (κ2) is 6.89. The number of nitrogens with two attached hydrogens (primary N) is 1. The molecule has 1 heterocycles. The average Bonchev–Trinajstić information content (AvgIpc) is 2.36. The van der Waals surface area contributed by atoms with Gasteiger partial charge in [-0.25, -0.2) is 0 Å². The summed E-state index contributed by atoms with van der Waals surface area (Å²) in [5.74, 6) is 1.01. The highest BCUT2D eigenvalue weighted by Crippen LogP contribution is 2.21. The molecule has 0 aliphatic carbocycles. The molecule has 0 aromatic carbocycles. The van der Waals surface area contributed by atoms with Crippen LogP contribution in [-0.4, -0.2) is 28.0 Å². The van der Waals surface area contributed by atoms with Crippen molar-refractivity contribution < 1.29 is 5.11 Å². The Labute approximate surface area is 101 Å². The van der Waals surface area contributed by atoms with Gasteiger partial charge in [-0.15, -0.1) is 11.8 Å². The Balaban J connectivity index is 2.22. The van der Waals surface area contributed by atoms with E-state index in [1.165, 1.54) is 4.90 Å². The van der Waals surface area contributed by atoms with Crippen molar-refractivity contribution in [3.63, 3.8) is 0 Å². The van der Waals surface area contributed by atoms with E-state index in [9.17, 15) is 5.11 Å². The summed E-state index contributed by atoms with van der Waals surface area (Å²) in [6.45, 7) is 2.33. The molecule has 3 nitrogen and oxygen atoms in total. The van der Waals surface area contributed by atoms with E-state index in [1.54, 1.807) is 24.2 Å². The maximum atomic E-state index is 9.98. The van der Waals surface area contributed by atoms with Gasteiger partial charge in [0.15, 0.2) is 0 Å². The molecule has 0 saturated heterocycles. The summed E-state index contributed by atoms with van der Waals surface area (Å²) in [5.41, 5.74) is 4.88. The zero-order valence-corrected chi connectivity index (χ0v) is 10.5. The summed E-state index contributed by atoms with van der Waals surface area (Å²) in [6.07, 6.45) is 6.07. The fraction of sp³-hybridized carbons (Fsp3) is 0.583. The van der Waals surface area contributed by atoms with Crippen LogP contribution in [-0.2, 0) is 0 Å². The van der Waals surface area contributed by atoms with Gasteiger partial charge in [0.2, 0.25) is 0 Å². The molecule has 1 unspecified atom stereocenters. The van der Waals surface area contributed by atoms with Crippen molar-refractivity contribution in [3.05, 3.63) is 24.5 Å². The first kappa shape index (κ1) is 13.5. The molecule has 0 bridgehead atoms. The Kier molecular flexibility index (Phi) is 5.80. The number of pyridine rings is 1. The van der Waals surface area contributed by atoms with Crippen molar-refractivity contribution >= 4 is 11.8 Å². The van der Waals surface area contributed by atoms with Gasteiger partial charge in [-0.2, -0.15) is 0 Å². The van der Waals surface area contributed by atoms with E-state index in [4.69, 9.17) is 5.73 Å². The van der Waals surface area contributed by atoms with Crippen LogP contribution in [0.2, 0.25) is 0 Å². The number of rotatable bonds is 7. The van der Waals surface area contributed by atoms with E-state index < -0.39 is 5.60 Å². The van der Waals surface area contributed by atoms with Gasteiger partial charge >= 0.3 is 0 Å². The van der Waals surface area contributed by atoms with Gasteiger partial charge in [-0.05, 0) is 37.1 Å². The summed E-state index contributed by atoms with van der Waals surface area (Å²) < 4.78 is 0. The molecule has 1 rings (SSSR count). The summed E-state index contributed by atoms with van der Waals surface area (Å²) in [5, 5.41) is 9.98. The van der Waals surface area contributed by atoms with Crippen LogP contribution in [0.15, 0.2) is 29.4 Å². The van der Waals surface area contributed by atoms with Gasteiger partial charge in [0.05, 0.1) is 5.60 Å². The molecule has 0 radical (unpaired) electrons. The summed E-state index contributed by atoms with van der Waals surface area (Å²) >= 11 is 1.79. The lowest BCUT2D eigenvalue weighted by Gasteiger charge is -2.24. The monoisotopic (exact) mass is 240 g/mol. The molecule has 0 spiro atoms. The molecule has 16 heavy (non-hydrogen) atoms. The molecule has 1 aromatic heterocycles. The average molecular weight is 240 g/mol. The molecule has 4 heteroatoms. The van der Waals surface area contributed by atoms with Gasteiger partial charge < -0.3 is 10.8 Å². The van der Waals surface area contributed by atoms with Gasteiger partial charge in [-0.1, -0.05) is 6.92 Å². The van der Waals surface area contributed by atoms with Crippen LogP contribution in [0.5, 0.6) is 0 Å². The van der Waals surface area contributed by atoms with E-state index in [2.05, 4.69) is 4.98 Å². The minimum Gasteiger partial charge on any atom is -0.389 e. The third-order valence-electron chi connectivity index (χ3n) is 2.74. The van der Waals surface area contributed by atoms with Crippen molar-refractivity contribution in [2.75, 3.05) is 12.3 Å². The SMILES string of the molecule is CCC(O)(CN)CCCSc1ccncc1. The largest absolute Gasteiger partial charge is 0.389 e. The predicted octanol–water partition coefficient (Wildman–Crippen LogP) is 2.05. The molecule has 90 valence electrons. The van der Waals surface area contributed by atoms with Crippen LogP contribution in [0.4, 0.5) is 0 Å². The number of nitrogens with zero attached hydrogens (tertiary/aromatic N) is 1. The highest BCUT2D eigenvalue weighted by atomic mass is 32.2. The molecule has 0 aliphatic heterocycles. The van der Waals surface area contributed by atoms with Crippen molar-refractivity contribution in [1.29, 1.82) is 0 Å². The molecule has 0 saturated carbocycles. The molecular weight excluding hydrogens is 220 g/mol. The molecule has 0 aliphatic rings. The van der Waals surface area contributed by atoms with Crippen LogP contribution in [0.3, 0.4) is 0 Å². The van der Waals surface area contributed by atoms with E-state index >= 15 is 0 Å². The van der Waals surface area contributed by atoms with E-state index in [-0.39, 0.29) is 0 Å². The van der Waals surface area contributed by atoms with Crippen molar-refractivity contribution in [3.8, 4) is 0 Å². The van der Waals surface area contributed by atoms with Crippen LogP contribution >= 0.6 is 11.8 Å². The highest BCUT2D eigenvalue weighted by molar-refractivity contribution is 7.99. The van der Waals surface area contributed by atoms with Crippen LogP contribution in [0, 0.1) is 0 Å². The Morgan fingerprint density at radius 3 is 2.69 bits per heavy atom. The third kappa shape index (κ3) is 4.51. The van der Waals surface area contributed by atoms with Crippen molar-refractivity contribution in [1.82, 2.24) is 4.98 Å². The number of hydrogen-bond donors (Lipinski definition) is 2. The van der Waals surface area contributed by atoms with Crippen molar-refractivity contribution in [2.45, 2.75) is 36.7 Å². The number of hydrogen-bond acceptors (Lipinski definition) is 4. The molecule has 0 fully saturated rings. The molecular formula is C12H20N2OS. The Morgan fingerprint density at radius 2 is 2.12 bits per heavy atom. The number of aromatic nitrogens is 1. The summed E-state index contributed by atoms with van der Waals surface area (Å²) in [7, 11) is 0. The first-order valence-corrected chi connectivity index (χ1v) is 6.64. The second-order valence-electron chi connectivity index (χ2n) is 3.92. The fourth-order valence-corrected chi connectivity index (χ4v) is 2.29. The zero-order chi connectivity index (χ0) is 11.9. The number of thioether (sulfide) groups is 1. The van der Waals surface area contributed by atoms with Crippen LogP contribution in [0.25, 0.3) is 0 Å². The smallest absolute Gasteiger partial charge is 0.0767 e. The first-order chi connectivity index (χ1) is 7.70. The standard InChI is InChI=1S/C12H20N2OS/c1-2-12(15,10-13)6-3-9-16-11-4-7-14-8-5-11/h4-5,7-8,15H,2-3,6,9-10,13H2,1H3. The Bertz CT molecular complexity index is 288. The molecule has 1 atom stereocenters. The van der Waals surface area contributed by atoms with E-state index in [0.717, 1.165) is 25.0 Å². The maximum Gasteiger partial charge on any atom is 0.0767 e. The molecule has 3 N–H and O–H groups in total. The predicted molar refractivity (Wildman–Crippen MR) is 68.5 cm³/mol. The summed E-state index contributed by atoms with van der Waals surface area (Å²) in [4.78, 5) is 5.19. The van der Waals surface area contributed by atoms with Crippen LogP contribution in [0.1, 0.15) is 26.2 Å². The fourth-order valence-electron chi connectivity index (χ4n) is 1.45. The Morgan fingerprint density at radius 1 is 1.44 bits per heavy atom. The highest BCUT2D eigenvalue weighted by Gasteiger charge is 2.21. The second-order valence-corrected chi connectivity index (χ2v) is 5.09. The zero-order valence-electron chi connectivity index (χ0n) is 9.72. The molecule has 0 amide bonds. The topological polar surface area (TPSA) is 59.1 Å². The quantitative estimate of drug-likeness (QED) is 0.566. The first-order valence-electron chi connectivity index (χ1n) is 5.65. The molecule has 1 aromatic rings. The minimum absolute atomic E-state index is 0.351. The lowest BCUT2D eigenvalue weighted by atomic mass is 9.95. The van der Waals surface area contributed by atoms with Gasteiger partial charge in [0.1, 0.15) is 0 Å². The lowest BCUT2D eigenvalue weighted by Crippen LogP contribution is -2.36. The van der Waals surface area contributed by atoms with Gasteiger partial charge in [-0.3, -0.25) is 4.98 Å². The lowest BCUT2D eigenvalue weighted by molar-refractivity contribution is 0.0360. The summed E-state index contributed by atoms with van der Waals surface area (Å²) in [6, 6.07) is 4.00. The van der Waals surface area contributed by atoms with Gasteiger partial charge in [0, 0.05) is 23.8 Å². The third-order valence-corrected chi connectivity index (χ3v) is 3.84.